The number of hydrogen-bond donors (Lipinski definition) is 2. The molecule has 0 fully saturated rings. The molecule has 3 N–H and O–H groups in total. The maximum absolute atomic E-state index is 11.7. The summed E-state index contributed by atoms with van der Waals surface area (Å²) in [6.45, 7) is 11.1. The van der Waals surface area contributed by atoms with Crippen molar-refractivity contribution in [3.8, 4) is 0 Å². The Balaban J connectivity index is 3.88. The summed E-state index contributed by atoms with van der Waals surface area (Å²) in [4.78, 5) is 34.9. The average Bonchev–Trinajstić information content (AvgIpc) is 2.37. The van der Waals surface area contributed by atoms with Crippen LogP contribution in [0.25, 0.3) is 0 Å². The van der Waals surface area contributed by atoms with Crippen molar-refractivity contribution in [3.63, 3.8) is 0 Å². The number of amides is 1. The predicted molar refractivity (Wildman–Crippen MR) is 91.1 cm³/mol. The zero-order chi connectivity index (χ0) is 19.0. The summed E-state index contributed by atoms with van der Waals surface area (Å²) in [5.41, 5.74) is 4.61. The Labute approximate surface area is 144 Å². The van der Waals surface area contributed by atoms with Crippen LogP contribution < -0.4 is 11.1 Å². The number of carbonyl (C=O) groups is 3. The Morgan fingerprint density at radius 3 is 2.00 bits per heavy atom. The van der Waals surface area contributed by atoms with E-state index in [0.717, 1.165) is 0 Å². The van der Waals surface area contributed by atoms with E-state index in [1.54, 1.807) is 41.5 Å². The van der Waals surface area contributed by atoms with Crippen LogP contribution in [0, 0.1) is 0 Å². The van der Waals surface area contributed by atoms with E-state index >= 15 is 0 Å². The van der Waals surface area contributed by atoms with Gasteiger partial charge < -0.3 is 20.5 Å². The van der Waals surface area contributed by atoms with Crippen LogP contribution in [0.5, 0.6) is 0 Å². The van der Waals surface area contributed by atoms with E-state index in [4.69, 9.17) is 15.2 Å². The fourth-order valence-electron chi connectivity index (χ4n) is 1.72. The van der Waals surface area contributed by atoms with E-state index in [0.29, 0.717) is 13.0 Å². The van der Waals surface area contributed by atoms with Crippen LogP contribution in [-0.2, 0) is 23.9 Å². The molecule has 7 nitrogen and oxygen atoms in total. The second-order valence-electron chi connectivity index (χ2n) is 7.72. The van der Waals surface area contributed by atoms with E-state index in [9.17, 15) is 14.4 Å². The standard InChI is InChI=1S/C17H32N2O5/c1-16(2,3)23-14(21)8-7-11-19-13(20)10-9-12(18)15(22)24-17(4,5)6/h12H,7-11,18H2,1-6H3,(H,19,20)/t12-/m0/s1. The summed E-state index contributed by atoms with van der Waals surface area (Å²) in [5, 5.41) is 2.69. The summed E-state index contributed by atoms with van der Waals surface area (Å²) in [6, 6.07) is -0.822. The minimum atomic E-state index is -0.822. The van der Waals surface area contributed by atoms with Gasteiger partial charge in [-0.1, -0.05) is 0 Å². The number of ether oxygens (including phenoxy) is 2. The van der Waals surface area contributed by atoms with Gasteiger partial charge in [0, 0.05) is 19.4 Å². The van der Waals surface area contributed by atoms with Crippen molar-refractivity contribution in [2.45, 2.75) is 84.5 Å². The first-order valence-electron chi connectivity index (χ1n) is 8.27. The van der Waals surface area contributed by atoms with Crippen molar-refractivity contribution in [1.29, 1.82) is 0 Å². The molecule has 0 aromatic carbocycles. The van der Waals surface area contributed by atoms with Crippen molar-refractivity contribution in [2.24, 2.45) is 5.73 Å². The average molecular weight is 344 g/mol. The molecule has 140 valence electrons. The summed E-state index contributed by atoms with van der Waals surface area (Å²) < 4.78 is 10.3. The van der Waals surface area contributed by atoms with Crippen LogP contribution in [0.2, 0.25) is 0 Å². The van der Waals surface area contributed by atoms with Gasteiger partial charge in [0.15, 0.2) is 0 Å². The van der Waals surface area contributed by atoms with Crippen molar-refractivity contribution in [2.75, 3.05) is 6.54 Å². The minimum absolute atomic E-state index is 0.132. The van der Waals surface area contributed by atoms with Crippen LogP contribution in [-0.4, -0.2) is 41.6 Å². The second kappa shape index (κ2) is 9.61. The van der Waals surface area contributed by atoms with Gasteiger partial charge in [-0.05, 0) is 54.4 Å². The number of hydrogen-bond acceptors (Lipinski definition) is 6. The summed E-state index contributed by atoms with van der Waals surface area (Å²) in [7, 11) is 0. The topological polar surface area (TPSA) is 108 Å². The van der Waals surface area contributed by atoms with Gasteiger partial charge >= 0.3 is 11.9 Å². The Kier molecular flexibility index (Phi) is 8.96. The molecule has 0 aromatic heterocycles. The van der Waals surface area contributed by atoms with Gasteiger partial charge in [-0.15, -0.1) is 0 Å². The number of carbonyl (C=O) groups excluding carboxylic acids is 3. The Morgan fingerprint density at radius 2 is 1.50 bits per heavy atom. The van der Waals surface area contributed by atoms with Crippen LogP contribution >= 0.6 is 0 Å². The fourth-order valence-corrected chi connectivity index (χ4v) is 1.72. The van der Waals surface area contributed by atoms with Crippen molar-refractivity contribution >= 4 is 17.8 Å². The lowest BCUT2D eigenvalue weighted by Crippen LogP contribution is -2.38. The molecule has 0 aromatic rings. The molecule has 0 radical (unpaired) electrons. The lowest BCUT2D eigenvalue weighted by atomic mass is 10.1. The van der Waals surface area contributed by atoms with Crippen LogP contribution in [0.15, 0.2) is 0 Å². The molecular weight excluding hydrogens is 312 g/mol. The second-order valence-corrected chi connectivity index (χ2v) is 7.72. The lowest BCUT2D eigenvalue weighted by Gasteiger charge is -2.22. The SMILES string of the molecule is CC(C)(C)OC(=O)CCCNC(=O)CC[C@H](N)C(=O)OC(C)(C)C. The van der Waals surface area contributed by atoms with Gasteiger partial charge in [0.25, 0.3) is 0 Å². The molecule has 24 heavy (non-hydrogen) atoms. The number of nitrogens with one attached hydrogen (secondary N) is 1. The van der Waals surface area contributed by atoms with E-state index in [2.05, 4.69) is 5.32 Å². The zero-order valence-electron chi connectivity index (χ0n) is 15.7. The molecular formula is C17H32N2O5. The molecule has 7 heteroatoms. The van der Waals surface area contributed by atoms with Crippen molar-refractivity contribution in [1.82, 2.24) is 5.32 Å². The van der Waals surface area contributed by atoms with Gasteiger partial charge in [-0.2, -0.15) is 0 Å². The predicted octanol–water partition coefficient (Wildman–Crippen LogP) is 1.67. The molecule has 0 aliphatic heterocycles. The lowest BCUT2D eigenvalue weighted by molar-refractivity contribution is -0.157. The summed E-state index contributed by atoms with van der Waals surface area (Å²) in [5.74, 6) is -1.01. The summed E-state index contributed by atoms with van der Waals surface area (Å²) >= 11 is 0. The minimum Gasteiger partial charge on any atom is -0.460 e. The number of rotatable bonds is 8. The highest BCUT2D eigenvalue weighted by molar-refractivity contribution is 5.79. The molecule has 0 aliphatic rings. The molecule has 0 heterocycles. The van der Waals surface area contributed by atoms with Crippen LogP contribution in [0.1, 0.15) is 67.2 Å². The quantitative estimate of drug-likeness (QED) is 0.512. The van der Waals surface area contributed by atoms with Crippen LogP contribution in [0.4, 0.5) is 0 Å². The molecule has 0 unspecified atom stereocenters. The highest BCUT2D eigenvalue weighted by atomic mass is 16.6. The maximum Gasteiger partial charge on any atom is 0.323 e. The first-order valence-corrected chi connectivity index (χ1v) is 8.27. The highest BCUT2D eigenvalue weighted by Crippen LogP contribution is 2.10. The third kappa shape index (κ3) is 12.9. The molecule has 0 aliphatic carbocycles. The zero-order valence-corrected chi connectivity index (χ0v) is 15.7. The highest BCUT2D eigenvalue weighted by Gasteiger charge is 2.22. The molecule has 0 saturated carbocycles. The van der Waals surface area contributed by atoms with E-state index in [1.807, 2.05) is 0 Å². The summed E-state index contributed by atoms with van der Waals surface area (Å²) in [6.07, 6.45) is 1.09. The molecule has 0 spiro atoms. The maximum atomic E-state index is 11.7. The van der Waals surface area contributed by atoms with Gasteiger partial charge in [-0.3, -0.25) is 14.4 Å². The third-order valence-electron chi connectivity index (χ3n) is 2.69. The molecule has 1 atom stereocenters. The largest absolute Gasteiger partial charge is 0.460 e. The van der Waals surface area contributed by atoms with E-state index in [1.165, 1.54) is 0 Å². The van der Waals surface area contributed by atoms with Crippen molar-refractivity contribution in [3.05, 3.63) is 0 Å². The van der Waals surface area contributed by atoms with E-state index in [-0.39, 0.29) is 31.1 Å². The Morgan fingerprint density at radius 1 is 0.958 bits per heavy atom. The van der Waals surface area contributed by atoms with Gasteiger partial charge in [0.1, 0.15) is 17.2 Å². The number of nitrogens with two attached hydrogens (primary N) is 1. The van der Waals surface area contributed by atoms with Gasteiger partial charge in [0.2, 0.25) is 5.91 Å². The first-order chi connectivity index (χ1) is 10.8. The normalized spacial score (nSPS) is 13.1. The Hall–Kier alpha value is -1.63. The van der Waals surface area contributed by atoms with Gasteiger partial charge in [0.05, 0.1) is 0 Å². The number of esters is 2. The molecule has 0 rings (SSSR count). The Bertz CT molecular complexity index is 435. The van der Waals surface area contributed by atoms with Gasteiger partial charge in [-0.25, -0.2) is 0 Å². The molecule has 0 bridgehead atoms. The molecule has 0 saturated heterocycles. The monoisotopic (exact) mass is 344 g/mol. The van der Waals surface area contributed by atoms with E-state index < -0.39 is 23.2 Å². The smallest absolute Gasteiger partial charge is 0.323 e. The fraction of sp³-hybridized carbons (Fsp3) is 0.824. The van der Waals surface area contributed by atoms with Crippen LogP contribution in [0.3, 0.4) is 0 Å². The third-order valence-corrected chi connectivity index (χ3v) is 2.69. The van der Waals surface area contributed by atoms with Crippen molar-refractivity contribution < 1.29 is 23.9 Å². The first kappa shape index (κ1) is 22.4. The molecule has 1 amide bonds.